The van der Waals surface area contributed by atoms with Gasteiger partial charge in [-0.25, -0.2) is 4.79 Å². The molecule has 1 aliphatic rings. The van der Waals surface area contributed by atoms with Gasteiger partial charge in [0, 0.05) is 16.8 Å². The van der Waals surface area contributed by atoms with Crippen molar-refractivity contribution < 1.29 is 14.3 Å². The molecule has 0 radical (unpaired) electrons. The molecule has 0 fully saturated rings. The summed E-state index contributed by atoms with van der Waals surface area (Å²) in [6.07, 6.45) is -0.799. The number of benzene rings is 1. The van der Waals surface area contributed by atoms with Crippen molar-refractivity contribution in [2.45, 2.75) is 52.2 Å². The first-order chi connectivity index (χ1) is 11.6. The second-order valence-corrected chi connectivity index (χ2v) is 7.55. The van der Waals surface area contributed by atoms with Crippen LogP contribution in [0.2, 0.25) is 5.02 Å². The minimum atomic E-state index is -0.799. The van der Waals surface area contributed by atoms with Crippen LogP contribution < -0.4 is 5.32 Å². The van der Waals surface area contributed by atoms with Crippen LogP contribution >= 0.6 is 11.6 Å². The molecule has 2 rings (SSSR count). The average Bonchev–Trinajstić information content (AvgIpc) is 2.48. The Kier molecular flexibility index (Phi) is 5.64. The number of carbonyl (C=O) groups is 1. The van der Waals surface area contributed by atoms with Crippen LogP contribution in [-0.2, 0) is 9.47 Å². The summed E-state index contributed by atoms with van der Waals surface area (Å²) >= 11 is 6.36. The third-order valence-corrected chi connectivity index (χ3v) is 4.31. The summed E-state index contributed by atoms with van der Waals surface area (Å²) in [5.41, 5.74) is 0.770. The van der Waals surface area contributed by atoms with E-state index >= 15 is 0 Å². The molecule has 6 heteroatoms. The molecule has 25 heavy (non-hydrogen) atoms. The molecule has 3 unspecified atom stereocenters. The standard InChI is InChI=1S/C19H23ClN2O3/c1-11-14(10-21)16(13-8-6-7-9-15(13)20)17(12(2)22-11)24-18(23)25-19(3,4)5/h6-9,11,14,16,22H,1-5H3. The van der Waals surface area contributed by atoms with Crippen LogP contribution in [-0.4, -0.2) is 17.8 Å². The third-order valence-electron chi connectivity index (χ3n) is 3.97. The Morgan fingerprint density at radius 1 is 1.32 bits per heavy atom. The number of carbonyl (C=O) groups excluding carboxylic acids is 1. The van der Waals surface area contributed by atoms with Crippen molar-refractivity contribution in [3.05, 3.63) is 46.3 Å². The van der Waals surface area contributed by atoms with Gasteiger partial charge in [0.2, 0.25) is 0 Å². The first-order valence-corrected chi connectivity index (χ1v) is 8.54. The Labute approximate surface area is 153 Å². The summed E-state index contributed by atoms with van der Waals surface area (Å²) in [7, 11) is 0. The first-order valence-electron chi connectivity index (χ1n) is 8.16. The van der Waals surface area contributed by atoms with Gasteiger partial charge < -0.3 is 14.8 Å². The third kappa shape index (κ3) is 4.46. The molecule has 1 aromatic rings. The second kappa shape index (κ2) is 7.37. The minimum Gasteiger partial charge on any atom is -0.428 e. The average molecular weight is 363 g/mol. The lowest BCUT2D eigenvalue weighted by atomic mass is 9.78. The molecule has 0 saturated carbocycles. The summed E-state index contributed by atoms with van der Waals surface area (Å²) in [5.74, 6) is -0.532. The molecule has 0 amide bonds. The smallest absolute Gasteiger partial charge is 0.428 e. The number of nitrogens with one attached hydrogen (secondary N) is 1. The van der Waals surface area contributed by atoms with Gasteiger partial charge in [-0.15, -0.1) is 0 Å². The Hall–Kier alpha value is -2.19. The Balaban J connectivity index is 2.45. The van der Waals surface area contributed by atoms with Gasteiger partial charge in [0.25, 0.3) is 0 Å². The van der Waals surface area contributed by atoms with E-state index in [1.165, 1.54) is 0 Å². The predicted octanol–water partition coefficient (Wildman–Crippen LogP) is 4.74. The first kappa shape index (κ1) is 19.1. The molecule has 0 aromatic heterocycles. The Bertz CT molecular complexity index is 731. The zero-order valence-electron chi connectivity index (χ0n) is 15.1. The van der Waals surface area contributed by atoms with Gasteiger partial charge in [0.15, 0.2) is 0 Å². The molecular formula is C19H23ClN2O3. The van der Waals surface area contributed by atoms with E-state index in [1.807, 2.05) is 32.0 Å². The molecule has 1 aromatic carbocycles. The summed E-state index contributed by atoms with van der Waals surface area (Å²) < 4.78 is 10.8. The normalized spacial score (nSPS) is 23.5. The highest BCUT2D eigenvalue weighted by Gasteiger charge is 2.40. The molecule has 0 bridgehead atoms. The van der Waals surface area contributed by atoms with E-state index in [0.717, 1.165) is 5.56 Å². The van der Waals surface area contributed by atoms with Crippen molar-refractivity contribution >= 4 is 17.8 Å². The van der Waals surface area contributed by atoms with Gasteiger partial charge in [-0.3, -0.25) is 0 Å². The highest BCUT2D eigenvalue weighted by Crippen LogP contribution is 2.42. The van der Waals surface area contributed by atoms with Crippen LogP contribution in [0.1, 0.15) is 46.1 Å². The molecule has 0 spiro atoms. The van der Waals surface area contributed by atoms with E-state index in [4.69, 9.17) is 21.1 Å². The van der Waals surface area contributed by atoms with Crippen molar-refractivity contribution in [2.24, 2.45) is 5.92 Å². The maximum atomic E-state index is 12.2. The molecule has 134 valence electrons. The van der Waals surface area contributed by atoms with E-state index in [1.54, 1.807) is 26.8 Å². The number of rotatable bonds is 2. The van der Waals surface area contributed by atoms with Crippen molar-refractivity contribution in [3.8, 4) is 6.07 Å². The molecule has 0 aliphatic carbocycles. The number of allylic oxidation sites excluding steroid dienone is 2. The van der Waals surface area contributed by atoms with Crippen LogP contribution in [0.25, 0.3) is 0 Å². The van der Waals surface area contributed by atoms with Crippen LogP contribution in [0, 0.1) is 17.2 Å². The van der Waals surface area contributed by atoms with Crippen molar-refractivity contribution in [1.82, 2.24) is 5.32 Å². The molecule has 1 aliphatic heterocycles. The van der Waals surface area contributed by atoms with Gasteiger partial charge in [0.1, 0.15) is 11.4 Å². The zero-order valence-corrected chi connectivity index (χ0v) is 15.8. The van der Waals surface area contributed by atoms with Gasteiger partial charge in [0.05, 0.1) is 17.9 Å². The summed E-state index contributed by atoms with van der Waals surface area (Å²) in [6, 6.07) is 9.48. The van der Waals surface area contributed by atoms with Gasteiger partial charge in [-0.2, -0.15) is 5.26 Å². The number of hydrogen-bond donors (Lipinski definition) is 1. The number of halogens is 1. The maximum Gasteiger partial charge on any atom is 0.514 e. The summed E-state index contributed by atoms with van der Waals surface area (Å²) in [6.45, 7) is 9.03. The maximum absolute atomic E-state index is 12.2. The summed E-state index contributed by atoms with van der Waals surface area (Å²) in [4.78, 5) is 12.2. The van der Waals surface area contributed by atoms with Crippen molar-refractivity contribution in [2.75, 3.05) is 0 Å². The van der Waals surface area contributed by atoms with Gasteiger partial charge in [-0.1, -0.05) is 29.8 Å². The van der Waals surface area contributed by atoms with Crippen LogP contribution in [0.3, 0.4) is 0 Å². The quantitative estimate of drug-likeness (QED) is 0.769. The van der Waals surface area contributed by atoms with Gasteiger partial charge >= 0.3 is 6.16 Å². The predicted molar refractivity (Wildman–Crippen MR) is 95.9 cm³/mol. The van der Waals surface area contributed by atoms with Crippen LogP contribution in [0.4, 0.5) is 4.79 Å². The molecule has 3 atom stereocenters. The SMILES string of the molecule is CC1=C(OC(=O)OC(C)(C)C)C(c2ccccc2Cl)C(C#N)C(C)N1. The fourth-order valence-electron chi connectivity index (χ4n) is 2.94. The Morgan fingerprint density at radius 3 is 2.52 bits per heavy atom. The van der Waals surface area contributed by atoms with Crippen molar-refractivity contribution in [1.29, 1.82) is 5.26 Å². The number of ether oxygens (including phenoxy) is 2. The van der Waals surface area contributed by atoms with Gasteiger partial charge in [-0.05, 0) is 46.2 Å². The van der Waals surface area contributed by atoms with E-state index in [9.17, 15) is 10.1 Å². The number of nitrogens with zero attached hydrogens (tertiary/aromatic N) is 1. The number of hydrogen-bond acceptors (Lipinski definition) is 5. The fourth-order valence-corrected chi connectivity index (χ4v) is 3.19. The highest BCUT2D eigenvalue weighted by molar-refractivity contribution is 6.31. The largest absolute Gasteiger partial charge is 0.514 e. The fraction of sp³-hybridized carbons (Fsp3) is 0.474. The molecular weight excluding hydrogens is 340 g/mol. The molecule has 1 N–H and O–H groups in total. The lowest BCUT2D eigenvalue weighted by molar-refractivity contribution is 0.00164. The van der Waals surface area contributed by atoms with Crippen LogP contribution in [0.5, 0.6) is 0 Å². The topological polar surface area (TPSA) is 71.3 Å². The lowest BCUT2D eigenvalue weighted by Crippen LogP contribution is -2.42. The van der Waals surface area contributed by atoms with E-state index in [2.05, 4.69) is 11.4 Å². The zero-order chi connectivity index (χ0) is 18.8. The molecule has 1 heterocycles. The minimum absolute atomic E-state index is 0.114. The molecule has 0 saturated heterocycles. The lowest BCUT2D eigenvalue weighted by Gasteiger charge is -2.36. The number of nitriles is 1. The van der Waals surface area contributed by atoms with E-state index < -0.39 is 23.6 Å². The van der Waals surface area contributed by atoms with E-state index in [-0.39, 0.29) is 6.04 Å². The molecule has 5 nitrogen and oxygen atoms in total. The van der Waals surface area contributed by atoms with Crippen LogP contribution in [0.15, 0.2) is 35.7 Å². The second-order valence-electron chi connectivity index (χ2n) is 7.14. The summed E-state index contributed by atoms with van der Waals surface area (Å²) in [5, 5.41) is 13.4. The monoisotopic (exact) mass is 362 g/mol. The van der Waals surface area contributed by atoms with Crippen molar-refractivity contribution in [3.63, 3.8) is 0 Å². The van der Waals surface area contributed by atoms with E-state index in [0.29, 0.717) is 16.5 Å². The highest BCUT2D eigenvalue weighted by atomic mass is 35.5. The Morgan fingerprint density at radius 2 is 1.96 bits per heavy atom.